The van der Waals surface area contributed by atoms with Crippen LogP contribution < -0.4 is 4.72 Å². The van der Waals surface area contributed by atoms with Crippen LogP contribution in [0.2, 0.25) is 0 Å². The first-order valence-corrected chi connectivity index (χ1v) is 6.97. The number of anilines is 1. The number of hydrogen-bond acceptors (Lipinski definition) is 6. The zero-order valence-electron chi connectivity index (χ0n) is 8.77. The van der Waals surface area contributed by atoms with Gasteiger partial charge in [0.2, 0.25) is 5.95 Å². The molecule has 0 spiro atoms. The predicted octanol–water partition coefficient (Wildman–Crippen LogP) is 1.04. The minimum atomic E-state index is -3.99. The Bertz CT molecular complexity index is 666. The van der Waals surface area contributed by atoms with Crippen LogP contribution in [0.5, 0.6) is 0 Å². The number of aromatic carboxylic acids is 1. The third-order valence-corrected chi connectivity index (χ3v) is 4.31. The second kappa shape index (κ2) is 4.70. The first-order valence-electron chi connectivity index (χ1n) is 4.61. The van der Waals surface area contributed by atoms with E-state index in [9.17, 15) is 13.2 Å². The molecule has 0 aliphatic carbocycles. The van der Waals surface area contributed by atoms with Crippen LogP contribution >= 0.6 is 11.3 Å². The maximum atomic E-state index is 11.9. The molecular weight excluding hydrogens is 278 g/mol. The second-order valence-corrected chi connectivity index (χ2v) is 5.66. The molecule has 2 heterocycles. The van der Waals surface area contributed by atoms with E-state index in [2.05, 4.69) is 14.7 Å². The predicted molar refractivity (Wildman–Crippen MR) is 64.1 cm³/mol. The van der Waals surface area contributed by atoms with Gasteiger partial charge in [-0.15, -0.1) is 11.3 Å². The number of nitrogens with one attached hydrogen (secondary N) is 1. The van der Waals surface area contributed by atoms with E-state index in [1.54, 1.807) is 0 Å². The topological polar surface area (TPSA) is 109 Å². The van der Waals surface area contributed by atoms with Gasteiger partial charge in [-0.05, 0) is 17.5 Å². The number of nitrogens with zero attached hydrogens (tertiary/aromatic N) is 2. The molecule has 0 atom stereocenters. The summed E-state index contributed by atoms with van der Waals surface area (Å²) in [5.74, 6) is -1.40. The highest BCUT2D eigenvalue weighted by atomic mass is 32.2. The summed E-state index contributed by atoms with van der Waals surface area (Å²) in [6.07, 6.45) is 2.74. The summed E-state index contributed by atoms with van der Waals surface area (Å²) in [6, 6.07) is 2.75. The van der Waals surface area contributed by atoms with Gasteiger partial charge in [0.25, 0.3) is 10.0 Å². The monoisotopic (exact) mass is 285 g/mol. The van der Waals surface area contributed by atoms with Crippen molar-refractivity contribution in [3.63, 3.8) is 0 Å². The van der Waals surface area contributed by atoms with Gasteiger partial charge in [0.05, 0.1) is 0 Å². The summed E-state index contributed by atoms with van der Waals surface area (Å²) in [4.78, 5) is 17.7. The summed E-state index contributed by atoms with van der Waals surface area (Å²) in [5, 5.41) is 10.3. The fourth-order valence-electron chi connectivity index (χ4n) is 1.19. The Labute approximate surface area is 106 Å². The molecule has 0 radical (unpaired) electrons. The van der Waals surface area contributed by atoms with Crippen LogP contribution in [-0.2, 0) is 10.0 Å². The Kier molecular flexibility index (Phi) is 3.26. The molecule has 2 aromatic rings. The third-order valence-electron chi connectivity index (χ3n) is 1.90. The van der Waals surface area contributed by atoms with Crippen molar-refractivity contribution in [1.82, 2.24) is 9.97 Å². The quantitative estimate of drug-likeness (QED) is 0.868. The molecule has 0 fully saturated rings. The number of aromatic nitrogens is 2. The highest BCUT2D eigenvalue weighted by Gasteiger charge is 2.24. The average Bonchev–Trinajstić information content (AvgIpc) is 2.79. The number of carboxylic acid groups (broad SMARTS) is 1. The summed E-state index contributed by atoms with van der Waals surface area (Å²) in [7, 11) is -3.99. The van der Waals surface area contributed by atoms with Gasteiger partial charge in [-0.3, -0.25) is 0 Å². The third kappa shape index (κ3) is 2.46. The lowest BCUT2D eigenvalue weighted by Gasteiger charge is -2.05. The minimum absolute atomic E-state index is 0.111. The largest absolute Gasteiger partial charge is 0.477 e. The highest BCUT2D eigenvalue weighted by molar-refractivity contribution is 7.93. The molecule has 9 heteroatoms. The molecule has 0 unspecified atom stereocenters. The first kappa shape index (κ1) is 12.5. The van der Waals surface area contributed by atoms with E-state index in [-0.39, 0.29) is 15.7 Å². The number of thiophene rings is 1. The number of sulfonamides is 1. The summed E-state index contributed by atoms with van der Waals surface area (Å²) >= 11 is 0.836. The van der Waals surface area contributed by atoms with Crippen molar-refractivity contribution in [2.24, 2.45) is 0 Å². The second-order valence-electron chi connectivity index (χ2n) is 3.10. The van der Waals surface area contributed by atoms with Crippen LogP contribution in [0.25, 0.3) is 0 Å². The van der Waals surface area contributed by atoms with E-state index in [4.69, 9.17) is 5.11 Å². The molecule has 0 aromatic carbocycles. The number of carbonyl (C=O) groups is 1. The van der Waals surface area contributed by atoms with Gasteiger partial charge in [0.1, 0.15) is 9.77 Å². The Balaban J connectivity index is 2.37. The van der Waals surface area contributed by atoms with Gasteiger partial charge in [-0.25, -0.2) is 27.9 Å². The van der Waals surface area contributed by atoms with Gasteiger partial charge in [-0.1, -0.05) is 0 Å². The van der Waals surface area contributed by atoms with E-state index in [1.165, 1.54) is 29.9 Å². The van der Waals surface area contributed by atoms with Gasteiger partial charge >= 0.3 is 5.97 Å². The van der Waals surface area contributed by atoms with Crippen LogP contribution in [0.15, 0.2) is 34.8 Å². The van der Waals surface area contributed by atoms with Crippen LogP contribution in [0.1, 0.15) is 9.67 Å². The van der Waals surface area contributed by atoms with Gasteiger partial charge in [0, 0.05) is 12.4 Å². The Morgan fingerprint density at radius 2 is 2.00 bits per heavy atom. The standard InChI is InChI=1S/C9H7N3O4S2/c13-8(14)7-6(2-5-17-7)18(15,16)12-9-10-3-1-4-11-9/h1-5H,(H,13,14)(H,10,11,12). The van der Waals surface area contributed by atoms with Crippen molar-refractivity contribution in [1.29, 1.82) is 0 Å². The fraction of sp³-hybridized carbons (Fsp3) is 0. The van der Waals surface area contributed by atoms with Crippen LogP contribution in [0.4, 0.5) is 5.95 Å². The maximum absolute atomic E-state index is 11.9. The van der Waals surface area contributed by atoms with Crippen molar-refractivity contribution in [2.75, 3.05) is 4.72 Å². The molecule has 0 bridgehead atoms. The van der Waals surface area contributed by atoms with E-state index >= 15 is 0 Å². The Hall–Kier alpha value is -2.00. The van der Waals surface area contributed by atoms with Crippen molar-refractivity contribution in [2.45, 2.75) is 4.90 Å². The first-order chi connectivity index (χ1) is 8.50. The summed E-state index contributed by atoms with van der Waals surface area (Å²) < 4.78 is 26.0. The van der Waals surface area contributed by atoms with Crippen LogP contribution in [-0.4, -0.2) is 29.5 Å². The van der Waals surface area contributed by atoms with Crippen molar-refractivity contribution in [3.05, 3.63) is 34.8 Å². The van der Waals surface area contributed by atoms with E-state index in [0.29, 0.717) is 0 Å². The lowest BCUT2D eigenvalue weighted by Crippen LogP contribution is -2.16. The molecule has 2 rings (SSSR count). The summed E-state index contributed by atoms with van der Waals surface area (Å²) in [6.45, 7) is 0. The number of rotatable bonds is 4. The summed E-state index contributed by atoms with van der Waals surface area (Å²) in [5.41, 5.74) is 0. The molecule has 2 aromatic heterocycles. The van der Waals surface area contributed by atoms with E-state index < -0.39 is 16.0 Å². The minimum Gasteiger partial charge on any atom is -0.477 e. The zero-order valence-corrected chi connectivity index (χ0v) is 10.4. The molecule has 0 saturated heterocycles. The number of hydrogen-bond donors (Lipinski definition) is 2. The lowest BCUT2D eigenvalue weighted by molar-refractivity contribution is 0.0698. The lowest BCUT2D eigenvalue weighted by atomic mass is 10.5. The molecule has 0 saturated carbocycles. The normalized spacial score (nSPS) is 11.1. The fourth-order valence-corrected chi connectivity index (χ4v) is 3.41. The molecule has 0 aliphatic heterocycles. The molecule has 18 heavy (non-hydrogen) atoms. The highest BCUT2D eigenvalue weighted by Crippen LogP contribution is 2.23. The molecule has 7 nitrogen and oxygen atoms in total. The van der Waals surface area contributed by atoms with Crippen LogP contribution in [0, 0.1) is 0 Å². The zero-order chi connectivity index (χ0) is 13.2. The molecule has 0 amide bonds. The Morgan fingerprint density at radius 1 is 1.33 bits per heavy atom. The van der Waals surface area contributed by atoms with Crippen molar-refractivity contribution >= 4 is 33.3 Å². The number of carboxylic acids is 1. The molecule has 2 N–H and O–H groups in total. The van der Waals surface area contributed by atoms with E-state index in [0.717, 1.165) is 11.3 Å². The Morgan fingerprint density at radius 3 is 2.61 bits per heavy atom. The van der Waals surface area contributed by atoms with Crippen molar-refractivity contribution < 1.29 is 18.3 Å². The SMILES string of the molecule is O=C(O)c1sccc1S(=O)(=O)Nc1ncccn1. The molecular formula is C9H7N3O4S2. The van der Waals surface area contributed by atoms with Gasteiger partial charge in [-0.2, -0.15) is 0 Å². The van der Waals surface area contributed by atoms with Crippen molar-refractivity contribution in [3.8, 4) is 0 Å². The average molecular weight is 285 g/mol. The van der Waals surface area contributed by atoms with Gasteiger partial charge < -0.3 is 5.11 Å². The van der Waals surface area contributed by atoms with E-state index in [1.807, 2.05) is 0 Å². The molecule has 94 valence electrons. The molecule has 0 aliphatic rings. The maximum Gasteiger partial charge on any atom is 0.347 e. The van der Waals surface area contributed by atoms with Crippen LogP contribution in [0.3, 0.4) is 0 Å². The van der Waals surface area contributed by atoms with Gasteiger partial charge in [0.15, 0.2) is 0 Å². The smallest absolute Gasteiger partial charge is 0.347 e.